The Balaban J connectivity index is 2.65. The summed E-state index contributed by atoms with van der Waals surface area (Å²) in [6, 6.07) is 1.25. The molecule has 0 unspecified atom stereocenters. The molecule has 13 heavy (non-hydrogen) atoms. The second-order valence-corrected chi connectivity index (χ2v) is 4.25. The van der Waals surface area contributed by atoms with E-state index in [1.165, 1.54) is 0 Å². The molecule has 72 valence electrons. The van der Waals surface area contributed by atoms with Crippen LogP contribution in [0.25, 0.3) is 0 Å². The van der Waals surface area contributed by atoms with Crippen molar-refractivity contribution in [2.45, 2.75) is 46.1 Å². The minimum Gasteiger partial charge on any atom is -0.334 e. The number of nitrogens with zero attached hydrogens (tertiary/aromatic N) is 1. The Morgan fingerprint density at radius 1 is 1.08 bits per heavy atom. The van der Waals surface area contributed by atoms with E-state index in [4.69, 9.17) is 0 Å². The SMILES string of the molecule is CC(C)N(B1C=CC=CC1)C(C)C. The van der Waals surface area contributed by atoms with Gasteiger partial charge in [0.1, 0.15) is 0 Å². The van der Waals surface area contributed by atoms with Crippen LogP contribution in [0.1, 0.15) is 27.7 Å². The van der Waals surface area contributed by atoms with E-state index in [1.54, 1.807) is 0 Å². The first kappa shape index (κ1) is 10.6. The van der Waals surface area contributed by atoms with Gasteiger partial charge in [-0.15, -0.1) is 0 Å². The van der Waals surface area contributed by atoms with E-state index < -0.39 is 0 Å². The number of hydrogen-bond donors (Lipinski definition) is 0. The van der Waals surface area contributed by atoms with Crippen molar-refractivity contribution in [3.63, 3.8) is 0 Å². The Labute approximate surface area is 82.6 Å². The average Bonchev–Trinajstić information content (AvgIpc) is 2.04. The fourth-order valence-electron chi connectivity index (χ4n) is 2.15. The zero-order valence-corrected chi connectivity index (χ0v) is 9.20. The molecule has 0 bridgehead atoms. The van der Waals surface area contributed by atoms with Crippen molar-refractivity contribution in [3.8, 4) is 0 Å². The summed E-state index contributed by atoms with van der Waals surface area (Å²) in [7, 11) is 0. The minimum absolute atomic E-state index is 0.602. The molecular weight excluding hydrogens is 157 g/mol. The van der Waals surface area contributed by atoms with Crippen LogP contribution in [0.4, 0.5) is 0 Å². The van der Waals surface area contributed by atoms with Crippen LogP contribution in [0.5, 0.6) is 0 Å². The number of rotatable bonds is 3. The molecule has 0 aliphatic carbocycles. The lowest BCUT2D eigenvalue weighted by Gasteiger charge is -2.35. The molecule has 2 heteroatoms. The van der Waals surface area contributed by atoms with Crippen LogP contribution in [0, 0.1) is 0 Å². The van der Waals surface area contributed by atoms with Crippen molar-refractivity contribution < 1.29 is 0 Å². The van der Waals surface area contributed by atoms with Gasteiger partial charge in [-0.1, -0.05) is 51.9 Å². The Morgan fingerprint density at radius 3 is 2.08 bits per heavy atom. The van der Waals surface area contributed by atoms with E-state index in [0.29, 0.717) is 18.9 Å². The predicted octanol–water partition coefficient (Wildman–Crippen LogP) is 2.76. The third-order valence-electron chi connectivity index (χ3n) is 2.53. The normalized spacial score (nSPS) is 16.7. The monoisotopic (exact) mass is 177 g/mol. The molecule has 1 rings (SSSR count). The van der Waals surface area contributed by atoms with E-state index in [9.17, 15) is 0 Å². The highest BCUT2D eigenvalue weighted by Gasteiger charge is 2.24. The summed E-state index contributed by atoms with van der Waals surface area (Å²) in [5, 5.41) is 0. The van der Waals surface area contributed by atoms with Gasteiger partial charge in [-0.2, -0.15) is 0 Å². The van der Waals surface area contributed by atoms with Gasteiger partial charge < -0.3 is 4.81 Å². The van der Waals surface area contributed by atoms with Crippen molar-refractivity contribution in [1.82, 2.24) is 4.81 Å². The summed E-state index contributed by atoms with van der Waals surface area (Å²) in [4.78, 5) is 2.56. The molecule has 0 fully saturated rings. The molecular formula is C11H20BN. The lowest BCUT2D eigenvalue weighted by molar-refractivity contribution is 0.306. The Bertz CT molecular complexity index is 198. The summed E-state index contributed by atoms with van der Waals surface area (Å²) in [6.07, 6.45) is 7.70. The maximum absolute atomic E-state index is 2.56. The molecule has 0 amide bonds. The zero-order chi connectivity index (χ0) is 9.84. The Hall–Kier alpha value is -0.495. The van der Waals surface area contributed by atoms with Gasteiger partial charge in [-0.3, -0.25) is 0 Å². The van der Waals surface area contributed by atoms with E-state index in [2.05, 4.69) is 56.7 Å². The third kappa shape index (κ3) is 2.73. The molecule has 1 nitrogen and oxygen atoms in total. The first-order valence-electron chi connectivity index (χ1n) is 5.23. The van der Waals surface area contributed by atoms with Crippen molar-refractivity contribution >= 4 is 6.85 Å². The number of hydrogen-bond acceptors (Lipinski definition) is 1. The summed E-state index contributed by atoms with van der Waals surface area (Å²) in [6.45, 7) is 9.68. The quantitative estimate of drug-likeness (QED) is 0.599. The molecule has 0 aromatic carbocycles. The van der Waals surface area contributed by atoms with Crippen molar-refractivity contribution in [3.05, 3.63) is 24.2 Å². The van der Waals surface area contributed by atoms with Crippen LogP contribution >= 0.6 is 0 Å². The van der Waals surface area contributed by atoms with Gasteiger partial charge in [-0.25, -0.2) is 0 Å². The summed E-state index contributed by atoms with van der Waals surface area (Å²) < 4.78 is 0. The van der Waals surface area contributed by atoms with Crippen molar-refractivity contribution in [2.75, 3.05) is 0 Å². The molecule has 1 heterocycles. The third-order valence-corrected chi connectivity index (χ3v) is 2.53. The van der Waals surface area contributed by atoms with Crippen LogP contribution in [0.3, 0.4) is 0 Å². The molecule has 1 aliphatic rings. The van der Waals surface area contributed by atoms with E-state index >= 15 is 0 Å². The summed E-state index contributed by atoms with van der Waals surface area (Å²) in [5.74, 6) is 2.31. The Kier molecular flexibility index (Phi) is 3.79. The molecule has 0 radical (unpaired) electrons. The highest BCUT2D eigenvalue weighted by Crippen LogP contribution is 2.15. The second-order valence-electron chi connectivity index (χ2n) is 4.25. The topological polar surface area (TPSA) is 3.24 Å². The highest BCUT2D eigenvalue weighted by atomic mass is 15.1. The maximum atomic E-state index is 2.56. The lowest BCUT2D eigenvalue weighted by atomic mass is 9.54. The molecule has 0 spiro atoms. The summed E-state index contributed by atoms with van der Waals surface area (Å²) >= 11 is 0. The predicted molar refractivity (Wildman–Crippen MR) is 61.0 cm³/mol. The lowest BCUT2D eigenvalue weighted by Crippen LogP contribution is -2.47. The van der Waals surface area contributed by atoms with Crippen molar-refractivity contribution in [2.24, 2.45) is 0 Å². The largest absolute Gasteiger partial charge is 0.334 e. The minimum atomic E-state index is 0.602. The number of allylic oxidation sites excluding steroid dienone is 3. The van der Waals surface area contributed by atoms with E-state index in [1.807, 2.05) is 0 Å². The molecule has 1 aliphatic heterocycles. The molecule has 0 atom stereocenters. The van der Waals surface area contributed by atoms with Crippen LogP contribution in [-0.2, 0) is 0 Å². The van der Waals surface area contributed by atoms with E-state index in [0.717, 1.165) is 6.32 Å². The highest BCUT2D eigenvalue weighted by molar-refractivity contribution is 6.62. The Morgan fingerprint density at radius 2 is 1.69 bits per heavy atom. The fourth-order valence-corrected chi connectivity index (χ4v) is 2.15. The van der Waals surface area contributed by atoms with Gasteiger partial charge in [-0.05, 0) is 18.4 Å². The second kappa shape index (κ2) is 4.66. The summed E-state index contributed by atoms with van der Waals surface area (Å²) in [5.41, 5.74) is 0. The van der Waals surface area contributed by atoms with Gasteiger partial charge in [0.25, 0.3) is 6.85 Å². The van der Waals surface area contributed by atoms with Crippen molar-refractivity contribution in [1.29, 1.82) is 0 Å². The van der Waals surface area contributed by atoms with E-state index in [-0.39, 0.29) is 0 Å². The van der Waals surface area contributed by atoms with Gasteiger partial charge >= 0.3 is 0 Å². The first-order valence-corrected chi connectivity index (χ1v) is 5.23. The van der Waals surface area contributed by atoms with Crippen LogP contribution in [0.2, 0.25) is 6.32 Å². The van der Waals surface area contributed by atoms with Gasteiger partial charge in [0, 0.05) is 0 Å². The molecule has 0 saturated carbocycles. The molecule has 0 N–H and O–H groups in total. The zero-order valence-electron chi connectivity index (χ0n) is 9.20. The van der Waals surface area contributed by atoms with Crippen LogP contribution in [-0.4, -0.2) is 23.7 Å². The van der Waals surface area contributed by atoms with Gasteiger partial charge in [0.2, 0.25) is 0 Å². The first-order chi connectivity index (χ1) is 6.13. The van der Waals surface area contributed by atoms with Crippen LogP contribution in [0.15, 0.2) is 24.2 Å². The standard InChI is InChI=1S/C11H20BN/c1-10(2)13(11(3)4)12-8-6-5-7-9-12/h5-8,10-11H,9H2,1-4H3. The average molecular weight is 177 g/mol. The smallest absolute Gasteiger partial charge is 0.254 e. The van der Waals surface area contributed by atoms with Gasteiger partial charge in [0.15, 0.2) is 0 Å². The van der Waals surface area contributed by atoms with Crippen LogP contribution < -0.4 is 0 Å². The van der Waals surface area contributed by atoms with Gasteiger partial charge in [0.05, 0.1) is 0 Å². The maximum Gasteiger partial charge on any atom is 0.254 e. The molecule has 0 aromatic rings. The molecule has 0 saturated heterocycles. The fraction of sp³-hybridized carbons (Fsp3) is 0.636. The molecule has 0 aromatic heterocycles.